The van der Waals surface area contributed by atoms with Crippen LogP contribution in [-0.4, -0.2) is 40.1 Å². The summed E-state index contributed by atoms with van der Waals surface area (Å²) < 4.78 is 3.63. The number of aliphatic hydroxyl groups is 2. The molecule has 1 fully saturated rings. The van der Waals surface area contributed by atoms with Gasteiger partial charge in [-0.15, -0.1) is 0 Å². The van der Waals surface area contributed by atoms with Gasteiger partial charge in [-0.1, -0.05) is 6.07 Å². The first kappa shape index (κ1) is 24.6. The maximum absolute atomic E-state index is 12.3. The lowest BCUT2D eigenvalue weighted by molar-refractivity contribution is -0.127. The fourth-order valence-corrected chi connectivity index (χ4v) is 4.71. The van der Waals surface area contributed by atoms with Gasteiger partial charge in [-0.3, -0.25) is 9.36 Å². The number of benzene rings is 1. The third kappa shape index (κ3) is 5.60. The standard InChI is InChI=1S/C22H25N7O.C3H8O2/c1-28-21(30)16-7-5-14(11-18(16)27-22(28)24)3-2-13-4-6-15(10-13)29-9-8-17-19(23)25-12-26-20(17)29;1-3(2,4)5/h5,7-9,11-13,15H,2-4,6,10H2,1H3,(H2,24,27)(H2,23,25,26);4-5H,1-2H3. The average molecular weight is 480 g/mol. The SMILES string of the molecule is CC(C)(O)O.Cn1c(N)nc2cc(CCC3CCC(n4ccc5c(N)ncnc54)C3)ccc2c1=O. The van der Waals surface area contributed by atoms with Crippen LogP contribution in [0.25, 0.3) is 21.9 Å². The van der Waals surface area contributed by atoms with Crippen LogP contribution < -0.4 is 17.0 Å². The predicted molar refractivity (Wildman–Crippen MR) is 137 cm³/mol. The molecule has 1 aliphatic rings. The topological polar surface area (TPSA) is 158 Å². The number of hydrogen-bond acceptors (Lipinski definition) is 8. The van der Waals surface area contributed by atoms with Crippen molar-refractivity contribution in [2.75, 3.05) is 11.5 Å². The third-order valence-electron chi connectivity index (χ3n) is 6.46. The number of aryl methyl sites for hydroxylation is 1. The number of fused-ring (bicyclic) bond motifs is 2. The molecule has 3 heterocycles. The summed E-state index contributed by atoms with van der Waals surface area (Å²) in [5.41, 5.74) is 14.5. The van der Waals surface area contributed by atoms with Gasteiger partial charge in [-0.25, -0.2) is 15.0 Å². The van der Waals surface area contributed by atoms with Gasteiger partial charge in [-0.2, -0.15) is 0 Å². The van der Waals surface area contributed by atoms with Crippen LogP contribution in [0.1, 0.15) is 51.1 Å². The van der Waals surface area contributed by atoms with Crippen molar-refractivity contribution in [3.05, 3.63) is 52.7 Å². The monoisotopic (exact) mass is 479 g/mol. The number of nitrogens with two attached hydrogens (primary N) is 2. The maximum atomic E-state index is 12.3. The molecule has 2 unspecified atom stereocenters. The van der Waals surface area contributed by atoms with Crippen molar-refractivity contribution in [1.29, 1.82) is 0 Å². The summed E-state index contributed by atoms with van der Waals surface area (Å²) in [6, 6.07) is 8.36. The second kappa shape index (κ2) is 9.63. The zero-order chi connectivity index (χ0) is 25.3. The minimum Gasteiger partial charge on any atom is -0.383 e. The number of nitrogen functional groups attached to an aromatic ring is 2. The largest absolute Gasteiger partial charge is 0.383 e. The van der Waals surface area contributed by atoms with Gasteiger partial charge in [0, 0.05) is 19.3 Å². The van der Waals surface area contributed by atoms with Crippen LogP contribution in [0.5, 0.6) is 0 Å². The van der Waals surface area contributed by atoms with Crippen molar-refractivity contribution in [1.82, 2.24) is 24.1 Å². The molecule has 10 nitrogen and oxygen atoms in total. The number of aromatic nitrogens is 5. The van der Waals surface area contributed by atoms with E-state index in [0.29, 0.717) is 28.7 Å². The highest BCUT2D eigenvalue weighted by molar-refractivity contribution is 5.86. The Hall–Kier alpha value is -3.50. The van der Waals surface area contributed by atoms with Crippen LogP contribution in [0.3, 0.4) is 0 Å². The molecule has 186 valence electrons. The van der Waals surface area contributed by atoms with Gasteiger partial charge in [0.05, 0.1) is 16.3 Å². The molecule has 1 aliphatic carbocycles. The van der Waals surface area contributed by atoms with Gasteiger partial charge in [-0.05, 0) is 75.6 Å². The molecule has 0 saturated heterocycles. The molecular formula is C25H33N7O3. The molecule has 0 aliphatic heterocycles. The van der Waals surface area contributed by atoms with E-state index in [-0.39, 0.29) is 11.5 Å². The van der Waals surface area contributed by atoms with Crippen LogP contribution in [0.2, 0.25) is 0 Å². The second-order valence-electron chi connectivity index (χ2n) is 9.77. The van der Waals surface area contributed by atoms with Crippen LogP contribution >= 0.6 is 0 Å². The fourth-order valence-electron chi connectivity index (χ4n) is 4.71. The van der Waals surface area contributed by atoms with Crippen molar-refractivity contribution in [3.63, 3.8) is 0 Å². The lowest BCUT2D eigenvalue weighted by Crippen LogP contribution is -2.21. The molecule has 0 radical (unpaired) electrons. The van der Waals surface area contributed by atoms with E-state index in [1.807, 2.05) is 24.3 Å². The smallest absolute Gasteiger partial charge is 0.262 e. The molecule has 1 saturated carbocycles. The quantitative estimate of drug-likeness (QED) is 0.325. The normalized spacial score (nSPS) is 18.1. The fraction of sp³-hybridized carbons (Fsp3) is 0.440. The van der Waals surface area contributed by atoms with E-state index in [1.54, 1.807) is 7.05 Å². The predicted octanol–water partition coefficient (Wildman–Crippen LogP) is 2.52. The Morgan fingerprint density at radius 1 is 1.11 bits per heavy atom. The summed E-state index contributed by atoms with van der Waals surface area (Å²) >= 11 is 0. The Kier molecular flexibility index (Phi) is 6.77. The van der Waals surface area contributed by atoms with Crippen molar-refractivity contribution in [3.8, 4) is 0 Å². The van der Waals surface area contributed by atoms with Crippen molar-refractivity contribution >= 4 is 33.7 Å². The Labute approximate surface area is 203 Å². The summed E-state index contributed by atoms with van der Waals surface area (Å²) in [6.07, 6.45) is 9.17. The maximum Gasteiger partial charge on any atom is 0.262 e. The first-order valence-electron chi connectivity index (χ1n) is 11.8. The summed E-state index contributed by atoms with van der Waals surface area (Å²) in [5.74, 6) is -0.0654. The molecule has 1 aromatic carbocycles. The molecule has 2 atom stereocenters. The highest BCUT2D eigenvalue weighted by atomic mass is 16.5. The van der Waals surface area contributed by atoms with E-state index in [9.17, 15) is 4.79 Å². The van der Waals surface area contributed by atoms with Crippen LogP contribution in [0, 0.1) is 5.92 Å². The number of hydrogen-bond donors (Lipinski definition) is 4. The van der Waals surface area contributed by atoms with E-state index in [4.69, 9.17) is 21.7 Å². The summed E-state index contributed by atoms with van der Waals surface area (Å²) in [7, 11) is 1.64. The molecule has 0 bridgehead atoms. The summed E-state index contributed by atoms with van der Waals surface area (Å²) in [6.45, 7) is 2.60. The van der Waals surface area contributed by atoms with Gasteiger partial charge in [0.25, 0.3) is 5.56 Å². The molecule has 10 heteroatoms. The van der Waals surface area contributed by atoms with E-state index in [2.05, 4.69) is 25.7 Å². The number of anilines is 2. The lowest BCUT2D eigenvalue weighted by Gasteiger charge is -2.14. The molecule has 5 rings (SSSR count). The van der Waals surface area contributed by atoms with Gasteiger partial charge in [0.2, 0.25) is 5.95 Å². The van der Waals surface area contributed by atoms with Crippen LogP contribution in [0.4, 0.5) is 11.8 Å². The Bertz CT molecular complexity index is 1400. The molecule has 3 aromatic heterocycles. The van der Waals surface area contributed by atoms with Crippen molar-refractivity contribution in [2.24, 2.45) is 13.0 Å². The third-order valence-corrected chi connectivity index (χ3v) is 6.46. The Morgan fingerprint density at radius 2 is 1.86 bits per heavy atom. The Morgan fingerprint density at radius 3 is 2.60 bits per heavy atom. The van der Waals surface area contributed by atoms with E-state index in [0.717, 1.165) is 36.7 Å². The molecule has 0 amide bonds. The van der Waals surface area contributed by atoms with Gasteiger partial charge < -0.3 is 26.2 Å². The van der Waals surface area contributed by atoms with Crippen LogP contribution in [0.15, 0.2) is 41.6 Å². The molecular weight excluding hydrogens is 446 g/mol. The lowest BCUT2D eigenvalue weighted by atomic mass is 9.97. The Balaban J connectivity index is 0.000000527. The minimum absolute atomic E-state index is 0.105. The zero-order valence-corrected chi connectivity index (χ0v) is 20.3. The minimum atomic E-state index is -1.50. The van der Waals surface area contributed by atoms with Gasteiger partial charge >= 0.3 is 0 Å². The molecule has 0 spiro atoms. The number of rotatable bonds is 4. The van der Waals surface area contributed by atoms with Crippen LogP contribution in [-0.2, 0) is 13.5 Å². The summed E-state index contributed by atoms with van der Waals surface area (Å²) in [4.78, 5) is 25.2. The first-order chi connectivity index (χ1) is 16.5. The summed E-state index contributed by atoms with van der Waals surface area (Å²) in [5, 5.41) is 17.7. The molecule has 6 N–H and O–H groups in total. The highest BCUT2D eigenvalue weighted by Crippen LogP contribution is 2.39. The second-order valence-corrected chi connectivity index (χ2v) is 9.77. The van der Waals surface area contributed by atoms with Crippen molar-refractivity contribution in [2.45, 2.75) is 57.8 Å². The van der Waals surface area contributed by atoms with E-state index >= 15 is 0 Å². The van der Waals surface area contributed by atoms with Crippen molar-refractivity contribution < 1.29 is 10.2 Å². The van der Waals surface area contributed by atoms with Gasteiger partial charge in [0.15, 0.2) is 5.79 Å². The van der Waals surface area contributed by atoms with Gasteiger partial charge in [0.1, 0.15) is 17.8 Å². The van der Waals surface area contributed by atoms with E-state index in [1.165, 1.54) is 36.7 Å². The first-order valence-corrected chi connectivity index (χ1v) is 11.8. The highest BCUT2D eigenvalue weighted by Gasteiger charge is 2.27. The molecule has 4 aromatic rings. The average Bonchev–Trinajstić information content (AvgIpc) is 3.42. The zero-order valence-electron chi connectivity index (χ0n) is 20.3. The van der Waals surface area contributed by atoms with E-state index < -0.39 is 5.79 Å². The number of nitrogens with zero attached hydrogens (tertiary/aromatic N) is 5. The molecule has 35 heavy (non-hydrogen) atoms.